The number of esters is 1. The highest BCUT2D eigenvalue weighted by Crippen LogP contribution is 2.20. The summed E-state index contributed by atoms with van der Waals surface area (Å²) in [5.41, 5.74) is 3.53. The van der Waals surface area contributed by atoms with E-state index in [0.717, 1.165) is 30.6 Å². The van der Waals surface area contributed by atoms with Crippen molar-refractivity contribution in [2.75, 3.05) is 30.9 Å². The van der Waals surface area contributed by atoms with Gasteiger partial charge in [-0.25, -0.2) is 4.79 Å². The Kier molecular flexibility index (Phi) is 6.78. The average molecular weight is 354 g/mol. The molecule has 0 spiro atoms. The highest BCUT2D eigenvalue weighted by Gasteiger charge is 2.12. The van der Waals surface area contributed by atoms with Crippen LogP contribution in [0.2, 0.25) is 0 Å². The van der Waals surface area contributed by atoms with Crippen molar-refractivity contribution >= 4 is 23.3 Å². The molecule has 0 saturated heterocycles. The molecule has 0 unspecified atom stereocenters. The number of hydrogen-bond donors (Lipinski definition) is 1. The van der Waals surface area contributed by atoms with E-state index in [0.29, 0.717) is 16.8 Å². The molecule has 5 nitrogen and oxygen atoms in total. The van der Waals surface area contributed by atoms with Gasteiger partial charge >= 0.3 is 5.97 Å². The fourth-order valence-corrected chi connectivity index (χ4v) is 2.59. The minimum absolute atomic E-state index is 0.210. The number of amides is 1. The van der Waals surface area contributed by atoms with Crippen LogP contribution in [0.1, 0.15) is 46.0 Å². The molecular weight excluding hydrogens is 328 g/mol. The molecule has 0 bridgehead atoms. The number of benzene rings is 2. The summed E-state index contributed by atoms with van der Waals surface area (Å²) in [5, 5.41) is 2.87. The smallest absolute Gasteiger partial charge is 0.337 e. The third-order valence-electron chi connectivity index (χ3n) is 4.32. The molecule has 0 aliphatic rings. The molecule has 0 radical (unpaired) electrons. The van der Waals surface area contributed by atoms with Crippen molar-refractivity contribution in [1.29, 1.82) is 0 Å². The fraction of sp³-hybridized carbons (Fsp3) is 0.333. The molecule has 0 aliphatic carbocycles. The van der Waals surface area contributed by atoms with Gasteiger partial charge in [0.1, 0.15) is 0 Å². The summed E-state index contributed by atoms with van der Waals surface area (Å²) < 4.78 is 4.73. The fourth-order valence-electron chi connectivity index (χ4n) is 2.59. The second kappa shape index (κ2) is 9.04. The van der Waals surface area contributed by atoms with Crippen LogP contribution in [0.3, 0.4) is 0 Å². The van der Waals surface area contributed by atoms with Crippen LogP contribution in [0, 0.1) is 6.92 Å². The molecule has 0 fully saturated rings. The first kappa shape index (κ1) is 19.5. The van der Waals surface area contributed by atoms with Crippen molar-refractivity contribution in [2.45, 2.75) is 26.7 Å². The zero-order chi connectivity index (χ0) is 19.1. The number of nitrogens with zero attached hydrogens (tertiary/aromatic N) is 1. The van der Waals surface area contributed by atoms with Gasteiger partial charge in [-0.1, -0.05) is 19.4 Å². The van der Waals surface area contributed by atoms with E-state index in [9.17, 15) is 9.59 Å². The molecule has 1 N–H and O–H groups in total. The van der Waals surface area contributed by atoms with Crippen LogP contribution in [0.5, 0.6) is 0 Å². The van der Waals surface area contributed by atoms with Gasteiger partial charge in [-0.2, -0.15) is 0 Å². The van der Waals surface area contributed by atoms with E-state index in [1.54, 1.807) is 18.2 Å². The number of carbonyl (C=O) groups is 2. The lowest BCUT2D eigenvalue weighted by Gasteiger charge is -2.19. The zero-order valence-corrected chi connectivity index (χ0v) is 15.8. The van der Waals surface area contributed by atoms with Crippen molar-refractivity contribution in [3.63, 3.8) is 0 Å². The van der Waals surface area contributed by atoms with Crippen LogP contribution >= 0.6 is 0 Å². The van der Waals surface area contributed by atoms with E-state index in [4.69, 9.17) is 4.74 Å². The predicted molar refractivity (Wildman–Crippen MR) is 105 cm³/mol. The standard InChI is InChI=1S/C21H26N2O3/c1-5-6-13-23(3)18-11-9-16(10-12-18)20(24)22-19-14-17(21(25)26-4)8-7-15(19)2/h7-12,14H,5-6,13H2,1-4H3,(H,22,24). The molecule has 0 heterocycles. The first-order chi connectivity index (χ1) is 12.5. The van der Waals surface area contributed by atoms with Gasteiger partial charge in [0, 0.05) is 30.5 Å². The van der Waals surface area contributed by atoms with Gasteiger partial charge in [0.2, 0.25) is 0 Å². The largest absolute Gasteiger partial charge is 0.465 e. The van der Waals surface area contributed by atoms with Crippen LogP contribution in [0.25, 0.3) is 0 Å². The molecule has 2 aromatic rings. The maximum atomic E-state index is 12.5. The van der Waals surface area contributed by atoms with Crippen LogP contribution in [0.15, 0.2) is 42.5 Å². The SMILES string of the molecule is CCCCN(C)c1ccc(C(=O)Nc2cc(C(=O)OC)ccc2C)cc1. The van der Waals surface area contributed by atoms with E-state index in [2.05, 4.69) is 17.1 Å². The van der Waals surface area contributed by atoms with E-state index >= 15 is 0 Å². The molecule has 5 heteroatoms. The normalized spacial score (nSPS) is 10.3. The maximum Gasteiger partial charge on any atom is 0.337 e. The van der Waals surface area contributed by atoms with E-state index in [-0.39, 0.29) is 5.91 Å². The van der Waals surface area contributed by atoms with Gasteiger partial charge < -0.3 is 15.0 Å². The van der Waals surface area contributed by atoms with Gasteiger partial charge in [0.15, 0.2) is 0 Å². The van der Waals surface area contributed by atoms with Crippen LogP contribution < -0.4 is 10.2 Å². The van der Waals surface area contributed by atoms with Gasteiger partial charge in [0.05, 0.1) is 12.7 Å². The molecule has 0 aliphatic heterocycles. The first-order valence-corrected chi connectivity index (χ1v) is 8.77. The van der Waals surface area contributed by atoms with Crippen LogP contribution in [-0.4, -0.2) is 32.6 Å². The lowest BCUT2D eigenvalue weighted by atomic mass is 10.1. The molecule has 0 saturated carbocycles. The summed E-state index contributed by atoms with van der Waals surface area (Å²) in [5.74, 6) is -0.641. The Balaban J connectivity index is 2.11. The monoisotopic (exact) mass is 354 g/mol. The number of methoxy groups -OCH3 is 1. The highest BCUT2D eigenvalue weighted by molar-refractivity contribution is 6.05. The summed E-state index contributed by atoms with van der Waals surface area (Å²) in [6.07, 6.45) is 2.28. The Morgan fingerprint density at radius 1 is 1.08 bits per heavy atom. The lowest BCUT2D eigenvalue weighted by molar-refractivity contribution is 0.0600. The third kappa shape index (κ3) is 4.85. The van der Waals surface area contributed by atoms with Crippen LogP contribution in [-0.2, 0) is 4.74 Å². The van der Waals surface area contributed by atoms with Crippen molar-refractivity contribution in [1.82, 2.24) is 0 Å². The van der Waals surface area contributed by atoms with Gasteiger partial charge in [-0.05, 0) is 55.3 Å². The molecular formula is C21H26N2O3. The van der Waals surface area contributed by atoms with E-state index in [1.165, 1.54) is 7.11 Å². The lowest BCUT2D eigenvalue weighted by Crippen LogP contribution is -2.18. The Labute approximate surface area is 155 Å². The summed E-state index contributed by atoms with van der Waals surface area (Å²) in [6.45, 7) is 5.03. The third-order valence-corrected chi connectivity index (χ3v) is 4.32. The number of aryl methyl sites for hydroxylation is 1. The topological polar surface area (TPSA) is 58.6 Å². The minimum atomic E-state index is -0.431. The Bertz CT molecular complexity index is 769. The Morgan fingerprint density at radius 3 is 2.35 bits per heavy atom. The van der Waals surface area contributed by atoms with E-state index in [1.807, 2.05) is 38.2 Å². The average Bonchev–Trinajstić information content (AvgIpc) is 2.67. The number of nitrogens with one attached hydrogen (secondary N) is 1. The highest BCUT2D eigenvalue weighted by atomic mass is 16.5. The molecule has 2 rings (SSSR count). The first-order valence-electron chi connectivity index (χ1n) is 8.77. The van der Waals surface area contributed by atoms with Crippen molar-refractivity contribution < 1.29 is 14.3 Å². The van der Waals surface area contributed by atoms with E-state index < -0.39 is 5.97 Å². The van der Waals surface area contributed by atoms with Crippen molar-refractivity contribution in [3.05, 3.63) is 59.2 Å². The van der Waals surface area contributed by atoms with Crippen molar-refractivity contribution in [3.8, 4) is 0 Å². The second-order valence-corrected chi connectivity index (χ2v) is 6.30. The number of hydrogen-bond acceptors (Lipinski definition) is 4. The Hall–Kier alpha value is -2.82. The quantitative estimate of drug-likeness (QED) is 0.755. The molecule has 0 atom stereocenters. The number of anilines is 2. The molecule has 26 heavy (non-hydrogen) atoms. The maximum absolute atomic E-state index is 12.5. The zero-order valence-electron chi connectivity index (χ0n) is 15.8. The number of rotatable bonds is 7. The van der Waals surface area contributed by atoms with Crippen LogP contribution in [0.4, 0.5) is 11.4 Å². The molecule has 2 aromatic carbocycles. The number of unbranched alkanes of at least 4 members (excludes halogenated alkanes) is 1. The van der Waals surface area contributed by atoms with Gasteiger partial charge in [-0.15, -0.1) is 0 Å². The molecule has 0 aromatic heterocycles. The molecule has 138 valence electrons. The second-order valence-electron chi connectivity index (χ2n) is 6.30. The predicted octanol–water partition coefficient (Wildman–Crippen LogP) is 4.27. The number of ether oxygens (including phenoxy) is 1. The summed E-state index contributed by atoms with van der Waals surface area (Å²) in [6, 6.07) is 12.6. The van der Waals surface area contributed by atoms with Gasteiger partial charge in [0.25, 0.3) is 5.91 Å². The molecule has 1 amide bonds. The summed E-state index contributed by atoms with van der Waals surface area (Å²) in [4.78, 5) is 26.4. The minimum Gasteiger partial charge on any atom is -0.465 e. The summed E-state index contributed by atoms with van der Waals surface area (Å²) >= 11 is 0. The van der Waals surface area contributed by atoms with Gasteiger partial charge in [-0.3, -0.25) is 4.79 Å². The Morgan fingerprint density at radius 2 is 1.73 bits per heavy atom. The number of carbonyl (C=O) groups excluding carboxylic acids is 2. The van der Waals surface area contributed by atoms with Crippen molar-refractivity contribution in [2.24, 2.45) is 0 Å². The summed E-state index contributed by atoms with van der Waals surface area (Å²) in [7, 11) is 3.38.